The lowest BCUT2D eigenvalue weighted by Crippen LogP contribution is -2.41. The number of benzene rings is 2. The number of halogens is 1. The Morgan fingerprint density at radius 3 is 2.50 bits per heavy atom. The summed E-state index contributed by atoms with van der Waals surface area (Å²) in [6.07, 6.45) is 6.00. The van der Waals surface area contributed by atoms with Crippen LogP contribution in [0.1, 0.15) is 44.2 Å². The van der Waals surface area contributed by atoms with Crippen LogP contribution in [0.2, 0.25) is 5.02 Å². The Kier molecular flexibility index (Phi) is 6.79. The molecule has 8 heteroatoms. The molecule has 0 radical (unpaired) electrons. The highest BCUT2D eigenvalue weighted by atomic mass is 35.5. The average molecular weight is 472 g/mol. The monoisotopic (exact) mass is 471 g/mol. The topological polar surface area (TPSA) is 88.2 Å². The summed E-state index contributed by atoms with van der Waals surface area (Å²) in [5, 5.41) is 5.37. The molecule has 1 aliphatic rings. The van der Waals surface area contributed by atoms with Crippen molar-refractivity contribution in [2.75, 3.05) is 0 Å². The maximum absolute atomic E-state index is 12.9. The third-order valence-electron chi connectivity index (χ3n) is 6.05. The van der Waals surface area contributed by atoms with Crippen molar-refractivity contribution < 1.29 is 13.2 Å². The normalized spacial score (nSPS) is 20.1. The number of nitrogens with one attached hydrogen (secondary N) is 2. The van der Waals surface area contributed by atoms with E-state index in [1.54, 1.807) is 36.7 Å². The van der Waals surface area contributed by atoms with Gasteiger partial charge < -0.3 is 5.32 Å². The van der Waals surface area contributed by atoms with Gasteiger partial charge in [-0.05, 0) is 79.3 Å². The van der Waals surface area contributed by atoms with Gasteiger partial charge in [-0.25, -0.2) is 13.1 Å². The van der Waals surface area contributed by atoms with E-state index < -0.39 is 10.0 Å². The van der Waals surface area contributed by atoms with Crippen LogP contribution < -0.4 is 10.0 Å². The molecule has 0 spiro atoms. The number of hydrogen-bond donors (Lipinski definition) is 2. The smallest absolute Gasteiger partial charge is 0.240 e. The molecule has 0 aliphatic heterocycles. The second kappa shape index (κ2) is 9.57. The molecule has 1 unspecified atom stereocenters. The van der Waals surface area contributed by atoms with E-state index in [1.165, 1.54) is 0 Å². The Morgan fingerprint density at radius 1 is 1.06 bits per heavy atom. The molecule has 1 saturated carbocycles. The van der Waals surface area contributed by atoms with Crippen LogP contribution in [0.15, 0.2) is 65.8 Å². The number of carbonyl (C=O) groups is 1. The lowest BCUT2D eigenvalue weighted by Gasteiger charge is -2.29. The fraction of sp³-hybridized carbons (Fsp3) is 0.333. The molecule has 4 rings (SSSR count). The average Bonchev–Trinajstić information content (AvgIpc) is 2.79. The highest BCUT2D eigenvalue weighted by Gasteiger charge is 2.29. The Labute approximate surface area is 193 Å². The first-order valence-corrected chi connectivity index (χ1v) is 12.6. The summed E-state index contributed by atoms with van der Waals surface area (Å²) < 4.78 is 28.6. The van der Waals surface area contributed by atoms with E-state index in [0.717, 1.165) is 16.3 Å². The summed E-state index contributed by atoms with van der Waals surface area (Å²) in [6, 6.07) is 13.9. The SMILES string of the molecule is CC(NC(=O)[C@H]1CC[C@H](NS(=O)(=O)c2ccc3cc(Cl)ccc3c2)CC1)c1cccnc1. The number of rotatable bonds is 6. The molecule has 3 aromatic rings. The van der Waals surface area contributed by atoms with E-state index in [4.69, 9.17) is 11.6 Å². The van der Waals surface area contributed by atoms with Crippen LogP contribution in [0.4, 0.5) is 0 Å². The van der Waals surface area contributed by atoms with Crippen molar-refractivity contribution in [3.63, 3.8) is 0 Å². The summed E-state index contributed by atoms with van der Waals surface area (Å²) >= 11 is 6.01. The van der Waals surface area contributed by atoms with Crippen molar-refractivity contribution in [3.8, 4) is 0 Å². The van der Waals surface area contributed by atoms with E-state index in [0.29, 0.717) is 30.7 Å². The zero-order chi connectivity index (χ0) is 22.7. The molecule has 1 amide bonds. The van der Waals surface area contributed by atoms with Crippen LogP contribution in [0.25, 0.3) is 10.8 Å². The molecule has 1 fully saturated rings. The third-order valence-corrected chi connectivity index (χ3v) is 7.80. The van der Waals surface area contributed by atoms with Crippen LogP contribution >= 0.6 is 11.6 Å². The second-order valence-electron chi connectivity index (χ2n) is 8.34. The molecule has 2 aromatic carbocycles. The van der Waals surface area contributed by atoms with Gasteiger partial charge >= 0.3 is 0 Å². The molecule has 2 N–H and O–H groups in total. The Hall–Kier alpha value is -2.48. The maximum Gasteiger partial charge on any atom is 0.240 e. The van der Waals surface area contributed by atoms with Crippen molar-refractivity contribution in [1.29, 1.82) is 0 Å². The van der Waals surface area contributed by atoms with Gasteiger partial charge in [0, 0.05) is 29.4 Å². The van der Waals surface area contributed by atoms with Gasteiger partial charge in [-0.3, -0.25) is 9.78 Å². The highest BCUT2D eigenvalue weighted by molar-refractivity contribution is 7.89. The number of sulfonamides is 1. The first kappa shape index (κ1) is 22.7. The zero-order valence-corrected chi connectivity index (χ0v) is 19.4. The molecule has 0 saturated heterocycles. The summed E-state index contributed by atoms with van der Waals surface area (Å²) in [5.41, 5.74) is 0.958. The Balaban J connectivity index is 1.34. The fourth-order valence-electron chi connectivity index (χ4n) is 4.17. The minimum absolute atomic E-state index is 0.0100. The van der Waals surface area contributed by atoms with E-state index in [2.05, 4.69) is 15.0 Å². The molecule has 32 heavy (non-hydrogen) atoms. The van der Waals surface area contributed by atoms with Crippen LogP contribution in [0.5, 0.6) is 0 Å². The predicted molar refractivity (Wildman–Crippen MR) is 126 cm³/mol. The first-order chi connectivity index (χ1) is 15.3. The van der Waals surface area contributed by atoms with Gasteiger partial charge in [0.15, 0.2) is 0 Å². The van der Waals surface area contributed by atoms with Crippen molar-refractivity contribution in [2.45, 2.75) is 49.6 Å². The van der Waals surface area contributed by atoms with Gasteiger partial charge in [0.1, 0.15) is 0 Å². The number of carbonyl (C=O) groups excluding carboxylic acids is 1. The lowest BCUT2D eigenvalue weighted by molar-refractivity contribution is -0.126. The zero-order valence-electron chi connectivity index (χ0n) is 17.8. The highest BCUT2D eigenvalue weighted by Crippen LogP contribution is 2.28. The molecule has 168 valence electrons. The minimum Gasteiger partial charge on any atom is -0.349 e. The van der Waals surface area contributed by atoms with E-state index in [-0.39, 0.29) is 28.8 Å². The van der Waals surface area contributed by atoms with E-state index in [9.17, 15) is 13.2 Å². The van der Waals surface area contributed by atoms with E-state index in [1.807, 2.05) is 31.2 Å². The number of hydrogen-bond acceptors (Lipinski definition) is 4. The minimum atomic E-state index is -3.64. The van der Waals surface area contributed by atoms with Crippen molar-refractivity contribution >= 4 is 38.3 Å². The molecule has 1 heterocycles. The fourth-order valence-corrected chi connectivity index (χ4v) is 5.69. The van der Waals surface area contributed by atoms with Gasteiger partial charge in [0.2, 0.25) is 15.9 Å². The lowest BCUT2D eigenvalue weighted by atomic mass is 9.85. The van der Waals surface area contributed by atoms with Gasteiger partial charge in [0.25, 0.3) is 0 Å². The van der Waals surface area contributed by atoms with E-state index >= 15 is 0 Å². The van der Waals surface area contributed by atoms with Gasteiger partial charge in [-0.2, -0.15) is 0 Å². The maximum atomic E-state index is 12.9. The summed E-state index contributed by atoms with van der Waals surface area (Å²) in [7, 11) is -3.64. The number of fused-ring (bicyclic) bond motifs is 1. The van der Waals surface area contributed by atoms with Crippen molar-refractivity contribution in [3.05, 3.63) is 71.5 Å². The molecule has 0 bridgehead atoms. The van der Waals surface area contributed by atoms with Crippen molar-refractivity contribution in [1.82, 2.24) is 15.0 Å². The second-order valence-corrected chi connectivity index (χ2v) is 10.5. The number of amides is 1. The molecule has 1 aliphatic carbocycles. The molecule has 1 atom stereocenters. The molecule has 1 aromatic heterocycles. The summed E-state index contributed by atoms with van der Waals surface area (Å²) in [6.45, 7) is 1.94. The quantitative estimate of drug-likeness (QED) is 0.549. The predicted octanol–water partition coefficient (Wildman–Crippen LogP) is 4.60. The number of aromatic nitrogens is 1. The van der Waals surface area contributed by atoms with Gasteiger partial charge in [-0.1, -0.05) is 29.8 Å². The van der Waals surface area contributed by atoms with Crippen LogP contribution in [-0.2, 0) is 14.8 Å². The number of nitrogens with zero attached hydrogens (tertiary/aromatic N) is 1. The standard InChI is InChI=1S/C24H26ClN3O3S/c1-16(20-3-2-12-26-15-20)27-24(29)17-5-9-22(10-6-17)28-32(30,31)23-11-7-18-13-21(25)8-4-19(18)14-23/h2-4,7-8,11-17,22,28H,5-6,9-10H2,1H3,(H,27,29)/t16?,17-,22-. The molecular weight excluding hydrogens is 446 g/mol. The van der Waals surface area contributed by atoms with Gasteiger partial charge in [0.05, 0.1) is 10.9 Å². The summed E-state index contributed by atoms with van der Waals surface area (Å²) in [5.74, 6) is -0.101. The van der Waals surface area contributed by atoms with Crippen LogP contribution in [-0.4, -0.2) is 25.4 Å². The third kappa shape index (κ3) is 5.28. The summed E-state index contributed by atoms with van der Waals surface area (Å²) in [4.78, 5) is 17.0. The van der Waals surface area contributed by atoms with Crippen molar-refractivity contribution in [2.24, 2.45) is 5.92 Å². The van der Waals surface area contributed by atoms with Gasteiger partial charge in [-0.15, -0.1) is 0 Å². The first-order valence-electron chi connectivity index (χ1n) is 10.7. The largest absolute Gasteiger partial charge is 0.349 e. The Morgan fingerprint density at radius 2 is 1.78 bits per heavy atom. The molecular formula is C24H26ClN3O3S. The van der Waals surface area contributed by atoms with Crippen LogP contribution in [0.3, 0.4) is 0 Å². The van der Waals surface area contributed by atoms with Crippen LogP contribution in [0, 0.1) is 5.92 Å². The Bertz CT molecular complexity index is 1210. The number of pyridine rings is 1. The molecule has 6 nitrogen and oxygen atoms in total.